The summed E-state index contributed by atoms with van der Waals surface area (Å²) >= 11 is 0. The van der Waals surface area contributed by atoms with Crippen molar-refractivity contribution in [1.82, 2.24) is 5.32 Å². The van der Waals surface area contributed by atoms with Crippen LogP contribution in [0, 0.1) is 0 Å². The predicted molar refractivity (Wildman–Crippen MR) is 63.3 cm³/mol. The Morgan fingerprint density at radius 2 is 2.00 bits per heavy atom. The van der Waals surface area contributed by atoms with E-state index in [9.17, 15) is 4.79 Å². The summed E-state index contributed by atoms with van der Waals surface area (Å²) in [5.74, 6) is 0.122. The second kappa shape index (κ2) is 3.91. The van der Waals surface area contributed by atoms with Gasteiger partial charge in [-0.2, -0.15) is 0 Å². The summed E-state index contributed by atoms with van der Waals surface area (Å²) < 4.78 is 0. The standard InChI is InChI=1S/C13H16N2O/c16-13-12(14-10-6-7-10)8-5-9-3-1-2-4-11(9)15-13/h1-4,10,12,14H,5-8H2,(H,15,16). The summed E-state index contributed by atoms with van der Waals surface area (Å²) in [6.45, 7) is 0. The fourth-order valence-electron chi connectivity index (χ4n) is 2.20. The zero-order valence-corrected chi connectivity index (χ0v) is 9.20. The van der Waals surface area contributed by atoms with Gasteiger partial charge in [0.15, 0.2) is 0 Å². The first-order chi connectivity index (χ1) is 7.83. The third kappa shape index (κ3) is 1.95. The van der Waals surface area contributed by atoms with Crippen LogP contribution < -0.4 is 10.6 Å². The minimum absolute atomic E-state index is 0.0140. The SMILES string of the molecule is O=C1Nc2ccccc2CCC1NC1CC1. The van der Waals surface area contributed by atoms with E-state index in [1.165, 1.54) is 18.4 Å². The maximum atomic E-state index is 12.0. The van der Waals surface area contributed by atoms with Crippen LogP contribution in [0.4, 0.5) is 5.69 Å². The normalized spacial score (nSPS) is 24.5. The van der Waals surface area contributed by atoms with Crippen LogP contribution in [-0.2, 0) is 11.2 Å². The molecule has 1 amide bonds. The van der Waals surface area contributed by atoms with Gasteiger partial charge in [-0.3, -0.25) is 4.79 Å². The number of rotatable bonds is 2. The van der Waals surface area contributed by atoms with Gasteiger partial charge in [-0.05, 0) is 37.3 Å². The Balaban J connectivity index is 1.77. The molecule has 1 aromatic carbocycles. The van der Waals surface area contributed by atoms with Crippen molar-refractivity contribution in [2.75, 3.05) is 5.32 Å². The maximum absolute atomic E-state index is 12.0. The third-order valence-electron chi connectivity index (χ3n) is 3.31. The van der Waals surface area contributed by atoms with E-state index in [2.05, 4.69) is 16.7 Å². The Bertz CT molecular complexity index is 412. The second-order valence-electron chi connectivity index (χ2n) is 4.68. The molecule has 3 nitrogen and oxygen atoms in total. The Morgan fingerprint density at radius 3 is 2.81 bits per heavy atom. The number of amides is 1. The quantitative estimate of drug-likeness (QED) is 0.790. The first kappa shape index (κ1) is 9.85. The molecule has 16 heavy (non-hydrogen) atoms. The minimum atomic E-state index is -0.0140. The highest BCUT2D eigenvalue weighted by Gasteiger charge is 2.29. The summed E-state index contributed by atoms with van der Waals surface area (Å²) in [6, 6.07) is 8.63. The first-order valence-corrected chi connectivity index (χ1v) is 5.98. The van der Waals surface area contributed by atoms with E-state index in [4.69, 9.17) is 0 Å². The van der Waals surface area contributed by atoms with Crippen molar-refractivity contribution in [3.63, 3.8) is 0 Å². The van der Waals surface area contributed by atoms with Crippen molar-refractivity contribution in [3.8, 4) is 0 Å². The average molecular weight is 216 g/mol. The van der Waals surface area contributed by atoms with Gasteiger partial charge in [-0.25, -0.2) is 0 Å². The van der Waals surface area contributed by atoms with Crippen molar-refractivity contribution in [2.24, 2.45) is 0 Å². The van der Waals surface area contributed by atoms with E-state index < -0.39 is 0 Å². The number of anilines is 1. The van der Waals surface area contributed by atoms with Gasteiger partial charge in [0.25, 0.3) is 0 Å². The summed E-state index contributed by atoms with van der Waals surface area (Å²) in [5, 5.41) is 6.41. The number of nitrogens with one attached hydrogen (secondary N) is 2. The van der Waals surface area contributed by atoms with Crippen molar-refractivity contribution >= 4 is 11.6 Å². The molecule has 2 aliphatic rings. The summed E-state index contributed by atoms with van der Waals surface area (Å²) in [7, 11) is 0. The van der Waals surface area contributed by atoms with Crippen molar-refractivity contribution in [2.45, 2.75) is 37.8 Å². The maximum Gasteiger partial charge on any atom is 0.241 e. The fourth-order valence-corrected chi connectivity index (χ4v) is 2.20. The molecule has 1 saturated carbocycles. The highest BCUT2D eigenvalue weighted by Crippen LogP contribution is 2.24. The number of hydrogen-bond acceptors (Lipinski definition) is 2. The molecule has 1 aliphatic carbocycles. The number of aryl methyl sites for hydroxylation is 1. The van der Waals surface area contributed by atoms with Crippen LogP contribution in [0.15, 0.2) is 24.3 Å². The third-order valence-corrected chi connectivity index (χ3v) is 3.31. The number of carbonyl (C=O) groups is 1. The van der Waals surface area contributed by atoms with E-state index in [0.717, 1.165) is 18.5 Å². The van der Waals surface area contributed by atoms with Crippen LogP contribution in [0.25, 0.3) is 0 Å². The van der Waals surface area contributed by atoms with Gasteiger partial charge in [0, 0.05) is 11.7 Å². The topological polar surface area (TPSA) is 41.1 Å². The predicted octanol–water partition coefficient (Wildman–Crippen LogP) is 1.69. The van der Waals surface area contributed by atoms with E-state index in [0.29, 0.717) is 6.04 Å². The number of fused-ring (bicyclic) bond motifs is 1. The molecule has 2 N–H and O–H groups in total. The Morgan fingerprint density at radius 1 is 1.19 bits per heavy atom. The molecule has 0 saturated heterocycles. The lowest BCUT2D eigenvalue weighted by Crippen LogP contribution is -2.40. The smallest absolute Gasteiger partial charge is 0.241 e. The monoisotopic (exact) mass is 216 g/mol. The first-order valence-electron chi connectivity index (χ1n) is 5.98. The van der Waals surface area contributed by atoms with Crippen LogP contribution >= 0.6 is 0 Å². The highest BCUT2D eigenvalue weighted by atomic mass is 16.2. The van der Waals surface area contributed by atoms with E-state index in [1.807, 2.05) is 18.2 Å². The molecule has 0 bridgehead atoms. The summed E-state index contributed by atoms with van der Waals surface area (Å²) in [6.07, 6.45) is 4.31. The molecular weight excluding hydrogens is 200 g/mol. The number of benzene rings is 1. The number of carbonyl (C=O) groups excluding carboxylic acids is 1. The second-order valence-corrected chi connectivity index (χ2v) is 4.68. The summed E-state index contributed by atoms with van der Waals surface area (Å²) in [5.41, 5.74) is 2.23. The van der Waals surface area contributed by atoms with E-state index in [1.54, 1.807) is 0 Å². The molecule has 0 radical (unpaired) electrons. The zero-order chi connectivity index (χ0) is 11.0. The van der Waals surface area contributed by atoms with Gasteiger partial charge in [-0.15, -0.1) is 0 Å². The van der Waals surface area contributed by atoms with E-state index in [-0.39, 0.29) is 11.9 Å². The Hall–Kier alpha value is -1.35. The largest absolute Gasteiger partial charge is 0.324 e. The molecule has 0 spiro atoms. The highest BCUT2D eigenvalue weighted by molar-refractivity contribution is 5.96. The number of hydrogen-bond donors (Lipinski definition) is 2. The summed E-state index contributed by atoms with van der Waals surface area (Å²) in [4.78, 5) is 12.0. The lowest BCUT2D eigenvalue weighted by atomic mass is 10.1. The Labute approximate surface area is 95.2 Å². The molecular formula is C13H16N2O. The van der Waals surface area contributed by atoms with Crippen molar-refractivity contribution in [3.05, 3.63) is 29.8 Å². The molecule has 1 aromatic rings. The number of para-hydroxylation sites is 1. The molecule has 1 aliphatic heterocycles. The van der Waals surface area contributed by atoms with Crippen LogP contribution in [0.1, 0.15) is 24.8 Å². The fraction of sp³-hybridized carbons (Fsp3) is 0.462. The molecule has 3 rings (SSSR count). The van der Waals surface area contributed by atoms with Crippen molar-refractivity contribution in [1.29, 1.82) is 0 Å². The van der Waals surface area contributed by atoms with Crippen LogP contribution in [0.2, 0.25) is 0 Å². The van der Waals surface area contributed by atoms with Crippen LogP contribution in [0.5, 0.6) is 0 Å². The minimum Gasteiger partial charge on any atom is -0.324 e. The molecule has 1 unspecified atom stereocenters. The Kier molecular flexibility index (Phi) is 2.40. The lowest BCUT2D eigenvalue weighted by Gasteiger charge is -2.14. The van der Waals surface area contributed by atoms with Gasteiger partial charge in [0.05, 0.1) is 6.04 Å². The van der Waals surface area contributed by atoms with Crippen LogP contribution in [0.3, 0.4) is 0 Å². The van der Waals surface area contributed by atoms with Crippen molar-refractivity contribution < 1.29 is 4.79 Å². The molecule has 1 fully saturated rings. The lowest BCUT2D eigenvalue weighted by molar-refractivity contribution is -0.118. The molecule has 1 heterocycles. The van der Waals surface area contributed by atoms with Crippen LogP contribution in [-0.4, -0.2) is 18.0 Å². The van der Waals surface area contributed by atoms with Gasteiger partial charge in [0.2, 0.25) is 5.91 Å². The van der Waals surface area contributed by atoms with Gasteiger partial charge >= 0.3 is 0 Å². The molecule has 1 atom stereocenters. The molecule has 0 aromatic heterocycles. The van der Waals surface area contributed by atoms with Gasteiger partial charge in [0.1, 0.15) is 0 Å². The average Bonchev–Trinajstić information content (AvgIpc) is 3.09. The van der Waals surface area contributed by atoms with E-state index >= 15 is 0 Å². The molecule has 84 valence electrons. The van der Waals surface area contributed by atoms with Gasteiger partial charge < -0.3 is 10.6 Å². The molecule has 3 heteroatoms. The van der Waals surface area contributed by atoms with Gasteiger partial charge in [-0.1, -0.05) is 18.2 Å². The zero-order valence-electron chi connectivity index (χ0n) is 9.20.